The molecule has 0 atom stereocenters. The molecule has 0 saturated heterocycles. The number of hydroxylamine groups is 1. The Bertz CT molecular complexity index is 1230. The van der Waals surface area contributed by atoms with E-state index in [1.165, 1.54) is 18.2 Å². The second-order valence-corrected chi connectivity index (χ2v) is 9.61. The molecule has 0 amide bonds. The molecule has 2 aromatic rings. The zero-order valence-corrected chi connectivity index (χ0v) is 18.5. The molecule has 0 saturated carbocycles. The topological polar surface area (TPSA) is 117 Å². The lowest BCUT2D eigenvalue weighted by Crippen LogP contribution is -2.23. The fourth-order valence-electron chi connectivity index (χ4n) is 3.33. The molecule has 9 nitrogen and oxygen atoms in total. The molecule has 13 heteroatoms. The minimum absolute atomic E-state index is 0.0434. The summed E-state index contributed by atoms with van der Waals surface area (Å²) < 4.78 is 76.2. The molecule has 2 heterocycles. The quantitative estimate of drug-likeness (QED) is 0.451. The predicted octanol–water partition coefficient (Wildman–Crippen LogP) is 3.56. The summed E-state index contributed by atoms with van der Waals surface area (Å²) in [6.45, 7) is -0.0434. The van der Waals surface area contributed by atoms with Crippen molar-refractivity contribution in [1.29, 1.82) is 0 Å². The van der Waals surface area contributed by atoms with Gasteiger partial charge in [0.05, 0.1) is 17.9 Å². The zero-order chi connectivity index (χ0) is 24.3. The van der Waals surface area contributed by atoms with Crippen LogP contribution in [0.5, 0.6) is 11.5 Å². The molecular weight excluding hydrogens is 479 g/mol. The Morgan fingerprint density at radius 1 is 1.12 bits per heavy atom. The average molecular weight is 499 g/mol. The largest absolute Gasteiger partial charge is 0.454 e. The van der Waals surface area contributed by atoms with E-state index in [4.69, 9.17) is 14.3 Å². The molecule has 34 heavy (non-hydrogen) atoms. The number of nitrogens with zero attached hydrogens (tertiary/aromatic N) is 2. The number of nitrogens with one attached hydrogen (secondary N) is 1. The first-order valence-corrected chi connectivity index (χ1v) is 12.0. The molecule has 0 spiro atoms. The fraction of sp³-hybridized carbons (Fsp3) is 0.381. The van der Waals surface area contributed by atoms with Crippen molar-refractivity contribution in [1.82, 2.24) is 15.4 Å². The normalized spacial score (nSPS) is 15.6. The number of alkyl halides is 3. The third-order valence-corrected chi connectivity index (χ3v) is 6.58. The Morgan fingerprint density at radius 2 is 1.91 bits per heavy atom. The van der Waals surface area contributed by atoms with Crippen molar-refractivity contribution in [2.24, 2.45) is 0 Å². The van der Waals surface area contributed by atoms with Gasteiger partial charge in [-0.15, -0.1) is 0 Å². The van der Waals surface area contributed by atoms with Gasteiger partial charge in [-0.25, -0.2) is 28.7 Å². The maximum Gasteiger partial charge on any atom is 0.433 e. The summed E-state index contributed by atoms with van der Waals surface area (Å²) in [5.74, 6) is -1.01. The highest BCUT2D eigenvalue weighted by Crippen LogP contribution is 2.37. The number of benzene rings is 1. The van der Waals surface area contributed by atoms with E-state index in [1.54, 1.807) is 0 Å². The van der Waals surface area contributed by atoms with Crippen molar-refractivity contribution in [2.75, 3.05) is 12.5 Å². The molecule has 1 aromatic heterocycles. The molecule has 0 bridgehead atoms. The molecular formula is C21H20F3N3O6S. The monoisotopic (exact) mass is 499 g/mol. The van der Waals surface area contributed by atoms with E-state index in [9.17, 15) is 26.4 Å². The van der Waals surface area contributed by atoms with Gasteiger partial charge in [-0.3, -0.25) is 0 Å². The van der Waals surface area contributed by atoms with Gasteiger partial charge in [-0.2, -0.15) is 13.2 Å². The lowest BCUT2D eigenvalue weighted by atomic mass is 10.1. The van der Waals surface area contributed by atoms with Crippen LogP contribution in [-0.2, 0) is 25.6 Å². The maximum atomic E-state index is 13.4. The van der Waals surface area contributed by atoms with E-state index < -0.39 is 45.0 Å². The molecule has 182 valence electrons. The number of sulfone groups is 1. The van der Waals surface area contributed by atoms with Gasteiger partial charge >= 0.3 is 12.1 Å². The van der Waals surface area contributed by atoms with Gasteiger partial charge in [0.15, 0.2) is 11.5 Å². The smallest absolute Gasteiger partial charge is 0.433 e. The first-order chi connectivity index (χ1) is 16.1. The molecule has 2 aliphatic rings. The number of carbonyl (C=O) groups excluding carboxylic acids is 1. The number of ether oxygens (including phenoxy) is 2. The number of hydrogen-bond donors (Lipinski definition) is 1. The SMILES string of the molecule is O=C(CCS(=O)(=O)c1nc(-c2ccc3c(c2)OCO3)cc(C(F)(F)F)n1)ONC1=CCCCC1. The van der Waals surface area contributed by atoms with Crippen LogP contribution >= 0.6 is 0 Å². The Labute approximate surface area is 192 Å². The number of allylic oxidation sites excluding steroid dienone is 2. The van der Waals surface area contributed by atoms with Crippen LogP contribution in [0.3, 0.4) is 0 Å². The van der Waals surface area contributed by atoms with Crippen LogP contribution in [0.4, 0.5) is 13.2 Å². The van der Waals surface area contributed by atoms with Gasteiger partial charge < -0.3 is 14.3 Å². The number of fused-ring (bicyclic) bond motifs is 1. The first kappa shape index (κ1) is 23.8. The van der Waals surface area contributed by atoms with Crippen molar-refractivity contribution in [2.45, 2.75) is 43.4 Å². The molecule has 1 aliphatic carbocycles. The third-order valence-electron chi connectivity index (χ3n) is 5.10. The maximum absolute atomic E-state index is 13.4. The second kappa shape index (κ2) is 9.49. The van der Waals surface area contributed by atoms with Crippen molar-refractivity contribution in [3.8, 4) is 22.8 Å². The summed E-state index contributed by atoms with van der Waals surface area (Å²) in [7, 11) is -4.44. The number of halogens is 3. The Kier molecular flexibility index (Phi) is 6.64. The molecule has 0 unspecified atom stereocenters. The molecule has 1 aliphatic heterocycles. The Hall–Kier alpha value is -3.35. The van der Waals surface area contributed by atoms with Crippen LogP contribution in [0.15, 0.2) is 41.2 Å². The Balaban J connectivity index is 1.54. The van der Waals surface area contributed by atoms with Crippen LogP contribution in [-0.4, -0.2) is 36.9 Å². The highest BCUT2D eigenvalue weighted by atomic mass is 32.2. The number of rotatable bonds is 7. The molecule has 4 rings (SSSR count). The number of carbonyl (C=O) groups is 1. The van der Waals surface area contributed by atoms with Crippen LogP contribution in [0.1, 0.15) is 37.8 Å². The van der Waals surface area contributed by atoms with Crippen molar-refractivity contribution < 1.29 is 40.7 Å². The molecule has 0 radical (unpaired) electrons. The second-order valence-electron chi connectivity index (χ2n) is 7.61. The number of aromatic nitrogens is 2. The van der Waals surface area contributed by atoms with Gasteiger partial charge in [0.25, 0.3) is 0 Å². The van der Waals surface area contributed by atoms with E-state index in [-0.39, 0.29) is 23.8 Å². The average Bonchev–Trinajstić information content (AvgIpc) is 3.29. The van der Waals surface area contributed by atoms with Crippen LogP contribution in [0.25, 0.3) is 11.3 Å². The highest BCUT2D eigenvalue weighted by molar-refractivity contribution is 7.91. The van der Waals surface area contributed by atoms with Gasteiger partial charge in [-0.1, -0.05) is 6.08 Å². The summed E-state index contributed by atoms with van der Waals surface area (Å²) in [4.78, 5) is 23.9. The summed E-state index contributed by atoms with van der Waals surface area (Å²) >= 11 is 0. The van der Waals surface area contributed by atoms with Crippen LogP contribution in [0.2, 0.25) is 0 Å². The molecule has 1 aromatic carbocycles. The minimum atomic E-state index is -4.92. The molecule has 0 fully saturated rings. The molecule has 1 N–H and O–H groups in total. The van der Waals surface area contributed by atoms with E-state index in [0.29, 0.717) is 18.2 Å². The lowest BCUT2D eigenvalue weighted by Gasteiger charge is -2.14. The Morgan fingerprint density at radius 3 is 2.65 bits per heavy atom. The van der Waals surface area contributed by atoms with Gasteiger partial charge in [0.2, 0.25) is 21.8 Å². The van der Waals surface area contributed by atoms with E-state index >= 15 is 0 Å². The summed E-state index contributed by atoms with van der Waals surface area (Å²) in [6, 6.07) is 4.94. The fourth-order valence-corrected chi connectivity index (χ4v) is 4.42. The minimum Gasteiger partial charge on any atom is -0.454 e. The van der Waals surface area contributed by atoms with Crippen LogP contribution < -0.4 is 15.0 Å². The van der Waals surface area contributed by atoms with Crippen molar-refractivity contribution >= 4 is 15.8 Å². The zero-order valence-electron chi connectivity index (χ0n) is 17.7. The van der Waals surface area contributed by atoms with Gasteiger partial charge in [0.1, 0.15) is 5.69 Å². The summed E-state index contributed by atoms with van der Waals surface area (Å²) in [5, 5.41) is -1.04. The standard InChI is InChI=1S/C21H20F3N3O6S/c22-21(23,24)18-11-15(13-6-7-16-17(10-13)32-12-31-16)25-20(26-18)34(29,30)9-8-19(28)33-27-14-4-2-1-3-5-14/h4,6-7,10-11,27H,1-3,5,8-9,12H2. The van der Waals surface area contributed by atoms with E-state index in [2.05, 4.69) is 15.4 Å². The first-order valence-electron chi connectivity index (χ1n) is 10.4. The van der Waals surface area contributed by atoms with E-state index in [0.717, 1.165) is 25.0 Å². The van der Waals surface area contributed by atoms with Gasteiger partial charge in [-0.05, 0) is 49.9 Å². The van der Waals surface area contributed by atoms with Gasteiger partial charge in [0, 0.05) is 11.3 Å². The lowest BCUT2D eigenvalue weighted by molar-refractivity contribution is -0.149. The number of hydrogen-bond acceptors (Lipinski definition) is 9. The predicted molar refractivity (Wildman–Crippen MR) is 111 cm³/mol. The van der Waals surface area contributed by atoms with Crippen molar-refractivity contribution in [3.63, 3.8) is 0 Å². The van der Waals surface area contributed by atoms with Crippen molar-refractivity contribution in [3.05, 3.63) is 41.7 Å². The van der Waals surface area contributed by atoms with Crippen LogP contribution in [0, 0.1) is 0 Å². The summed E-state index contributed by atoms with van der Waals surface area (Å²) in [6.07, 6.45) is -0.136. The van der Waals surface area contributed by atoms with E-state index in [1.807, 2.05) is 6.08 Å². The summed E-state index contributed by atoms with van der Waals surface area (Å²) in [5.41, 5.74) is 1.69. The highest BCUT2D eigenvalue weighted by Gasteiger charge is 2.35. The third kappa shape index (κ3) is 5.58.